The average Bonchev–Trinajstić information content (AvgIpc) is 1.98. The van der Waals surface area contributed by atoms with Crippen LogP contribution < -0.4 is 37.2 Å². The van der Waals surface area contributed by atoms with E-state index >= 15 is 4.79 Å². The van der Waals surface area contributed by atoms with Crippen molar-refractivity contribution >= 4 is 53.4 Å². The molecule has 87 heavy (non-hydrogen) atoms. The number of hydrogen-bond donors (Lipinski definition) is 7. The van der Waals surface area contributed by atoms with E-state index in [0.717, 1.165) is 27.2 Å². The molecule has 5 aromatic carbocycles. The number of esters is 1. The molecule has 1 heterocycles. The molecular formula is C67H80N8O12. The number of carbonyl (C=O) groups is 9. The molecular weight excluding hydrogens is 1110 g/mol. The van der Waals surface area contributed by atoms with Gasteiger partial charge in [-0.1, -0.05) is 180 Å². The Morgan fingerprint density at radius 2 is 1.11 bits per heavy atom. The number of amides is 8. The largest absolute Gasteiger partial charge is 0.449 e. The number of nitrogens with one attached hydrogen (secondary N) is 7. The number of fused-ring (bicyclic) bond motifs is 3. The lowest BCUT2D eigenvalue weighted by Crippen LogP contribution is -2.58. The van der Waals surface area contributed by atoms with Crippen molar-refractivity contribution in [2.45, 2.75) is 134 Å². The molecule has 0 radical (unpaired) electrons. The van der Waals surface area contributed by atoms with Gasteiger partial charge in [0.1, 0.15) is 43.7 Å². The fourth-order valence-electron chi connectivity index (χ4n) is 11.1. The highest BCUT2D eigenvalue weighted by Crippen LogP contribution is 2.44. The first-order valence-corrected chi connectivity index (χ1v) is 29.5. The van der Waals surface area contributed by atoms with Crippen LogP contribution in [-0.2, 0) is 58.1 Å². The van der Waals surface area contributed by atoms with Gasteiger partial charge >= 0.3 is 12.1 Å². The lowest BCUT2D eigenvalue weighted by atomic mass is 9.77. The Kier molecular flexibility index (Phi) is 22.2. The van der Waals surface area contributed by atoms with Gasteiger partial charge in [0.15, 0.2) is 0 Å². The number of carbonyl (C=O) groups excluding carboxylic acids is 9. The van der Waals surface area contributed by atoms with Crippen LogP contribution in [0.15, 0.2) is 152 Å². The van der Waals surface area contributed by atoms with E-state index in [1.165, 1.54) is 0 Å². The molecule has 0 spiro atoms. The Morgan fingerprint density at radius 3 is 1.62 bits per heavy atom. The lowest BCUT2D eigenvalue weighted by Gasteiger charge is -2.37. The van der Waals surface area contributed by atoms with Crippen molar-refractivity contribution < 1.29 is 58.7 Å². The van der Waals surface area contributed by atoms with Crippen LogP contribution in [0.2, 0.25) is 0 Å². The molecule has 1 aliphatic heterocycles. The van der Waals surface area contributed by atoms with Crippen molar-refractivity contribution in [3.05, 3.63) is 180 Å². The molecule has 0 aromatic heterocycles. The van der Waals surface area contributed by atoms with Gasteiger partial charge in [0, 0.05) is 18.9 Å². The van der Waals surface area contributed by atoms with Crippen molar-refractivity contribution in [3.63, 3.8) is 0 Å². The smallest absolute Gasteiger partial charge is 0.407 e. The van der Waals surface area contributed by atoms with Crippen molar-refractivity contribution in [2.24, 2.45) is 5.92 Å². The fraction of sp³-hybridized carbons (Fsp3) is 0.388. The van der Waals surface area contributed by atoms with E-state index in [0.29, 0.717) is 23.1 Å². The van der Waals surface area contributed by atoms with Crippen LogP contribution in [0.25, 0.3) is 11.1 Å². The molecule has 20 heteroatoms. The van der Waals surface area contributed by atoms with E-state index in [2.05, 4.69) is 43.8 Å². The van der Waals surface area contributed by atoms with Crippen molar-refractivity contribution in [2.75, 3.05) is 26.2 Å². The van der Waals surface area contributed by atoms with E-state index in [1.54, 1.807) is 48.5 Å². The highest BCUT2D eigenvalue weighted by atomic mass is 16.5. The molecule has 5 aromatic rings. The summed E-state index contributed by atoms with van der Waals surface area (Å²) in [5.41, 5.74) is 4.17. The molecule has 1 unspecified atom stereocenters. The zero-order chi connectivity index (χ0) is 63.7. The number of benzene rings is 5. The van der Waals surface area contributed by atoms with E-state index in [1.807, 2.05) is 140 Å². The topological polar surface area (TPSA) is 269 Å². The van der Waals surface area contributed by atoms with Crippen LogP contribution in [0, 0.1) is 5.92 Å². The molecule has 7 atom stereocenters. The monoisotopic (exact) mass is 1190 g/mol. The third-order valence-electron chi connectivity index (χ3n) is 15.5. The molecule has 7 rings (SSSR count). The molecule has 0 bridgehead atoms. The zero-order valence-electron chi connectivity index (χ0n) is 51.3. The third-order valence-corrected chi connectivity index (χ3v) is 15.5. The molecule has 1 saturated heterocycles. The normalized spacial score (nSPS) is 16.4. The van der Waals surface area contributed by atoms with Crippen LogP contribution in [0.4, 0.5) is 4.79 Å². The zero-order valence-corrected chi connectivity index (χ0v) is 50.3. The van der Waals surface area contributed by atoms with Gasteiger partial charge < -0.3 is 56.3 Å². The van der Waals surface area contributed by atoms with Crippen LogP contribution in [0.3, 0.4) is 0 Å². The number of hydrogen-bond acceptors (Lipinski definition) is 12. The Morgan fingerprint density at radius 1 is 0.621 bits per heavy atom. The minimum Gasteiger partial charge on any atom is -0.449 e. The predicted molar refractivity (Wildman–Crippen MR) is 327 cm³/mol. The van der Waals surface area contributed by atoms with Crippen molar-refractivity contribution in [1.29, 1.82) is 0 Å². The third kappa shape index (κ3) is 16.6. The Labute approximate surface area is 509 Å². The molecule has 20 nitrogen and oxygen atoms in total. The second kappa shape index (κ2) is 30.3. The maximum atomic E-state index is 15.1. The lowest BCUT2D eigenvalue weighted by molar-refractivity contribution is -0.150. The number of rotatable bonds is 27. The number of nitrogens with zero attached hydrogens (tertiary/aromatic N) is 1. The van der Waals surface area contributed by atoms with Gasteiger partial charge in [-0.3, -0.25) is 33.6 Å². The van der Waals surface area contributed by atoms with Crippen LogP contribution >= 0.6 is 0 Å². The Balaban J connectivity index is 1.00. The summed E-state index contributed by atoms with van der Waals surface area (Å²) in [6.45, 7) is 14.3. The summed E-state index contributed by atoms with van der Waals surface area (Å²) in [7, 11) is 0. The first-order chi connectivity index (χ1) is 42.1. The highest BCUT2D eigenvalue weighted by Gasteiger charge is 2.46. The minimum absolute atomic E-state index is 0.0269. The summed E-state index contributed by atoms with van der Waals surface area (Å²) in [5.74, 6) is -6.97. The summed E-state index contributed by atoms with van der Waals surface area (Å²) in [6, 6.07) is 36.9. The highest BCUT2D eigenvalue weighted by molar-refractivity contribution is 5.98. The molecule has 460 valence electrons. The quantitative estimate of drug-likeness (QED) is 0.0171. The first-order valence-electron chi connectivity index (χ1n) is 30.0. The fourth-order valence-corrected chi connectivity index (χ4v) is 11.1. The van der Waals surface area contributed by atoms with E-state index in [9.17, 15) is 38.4 Å². The standard InChI is InChI=1S/C67H80N8O12/c1-9-42(5)59(73-58(78)39-68-60(79)52(10-2)72-65(84)86-41-51-49-34-24-22-32-47(49)48-33-23-25-35-50(48)51)62(81)69-38-57(77)70-53(11-3)61(80)71-54(63(82)75-40-46(87-66(6,7)8)36-55(75)64(83)85-12-4)37-56(76)74-67(43-26-16-13-17-27-43,44-28-18-14-19-29-44)45-30-20-15-21-31-45/h12-35,42,46,51-55,59H,4,9-11,36-41H2,1-3,5-8H3,(H,68,79)(H,69,81)(H,70,77)(H,71,80)(H,72,84)(H,73,78)(H,74,76)/t42-,46+,52-,53-,54-,55-,59?/m0/s1/i12T. The predicted octanol–water partition coefficient (Wildman–Crippen LogP) is 6.42. The van der Waals surface area contributed by atoms with E-state index in [4.69, 9.17) is 15.6 Å². The van der Waals surface area contributed by atoms with Crippen molar-refractivity contribution in [1.82, 2.24) is 42.1 Å². The SMILES string of the molecule is [3H]C(=C)OC(=O)[C@@H]1C[C@@H](OC(C)(C)C)CN1C(=O)[C@H](CC(=O)NC(c1ccccc1)(c1ccccc1)c1ccccc1)NC(=O)[C@H](CC)NC(=O)CNC(=O)C(NC(=O)CNC(=O)[C@H](CC)NC(=O)OCC1c2ccccc2-c2ccccc21)[C@@H](C)CC. The summed E-state index contributed by atoms with van der Waals surface area (Å²) in [6.07, 6.45) is -2.32. The maximum Gasteiger partial charge on any atom is 0.407 e. The Hall–Kier alpha value is -9.17. The van der Waals surface area contributed by atoms with Gasteiger partial charge in [-0.2, -0.15) is 0 Å². The summed E-state index contributed by atoms with van der Waals surface area (Å²) >= 11 is 0. The van der Waals surface area contributed by atoms with Gasteiger partial charge in [0.05, 0.1) is 37.5 Å². The maximum absolute atomic E-state index is 15.1. The van der Waals surface area contributed by atoms with Crippen LogP contribution in [0.5, 0.6) is 0 Å². The molecule has 0 saturated carbocycles. The summed E-state index contributed by atoms with van der Waals surface area (Å²) in [5, 5.41) is 18.8. The summed E-state index contributed by atoms with van der Waals surface area (Å²) in [4.78, 5) is 126. The summed E-state index contributed by atoms with van der Waals surface area (Å²) < 4.78 is 24.7. The minimum atomic E-state index is -1.67. The number of ether oxygens (including phenoxy) is 3. The van der Waals surface area contributed by atoms with Crippen LogP contribution in [-0.4, -0.2) is 126 Å². The molecule has 7 N–H and O–H groups in total. The van der Waals surface area contributed by atoms with Gasteiger partial charge in [-0.15, -0.1) is 0 Å². The van der Waals surface area contributed by atoms with E-state index < -0.39 is 133 Å². The first kappa shape index (κ1) is 63.8. The number of alkyl carbamates (subject to hydrolysis) is 1. The Bertz CT molecular complexity index is 3170. The van der Waals surface area contributed by atoms with Gasteiger partial charge in [0.25, 0.3) is 0 Å². The van der Waals surface area contributed by atoms with E-state index in [-0.39, 0.29) is 38.3 Å². The molecule has 1 aliphatic carbocycles. The van der Waals surface area contributed by atoms with Gasteiger partial charge in [-0.25, -0.2) is 9.59 Å². The van der Waals surface area contributed by atoms with Crippen LogP contribution in [0.1, 0.15) is 116 Å². The van der Waals surface area contributed by atoms with Crippen molar-refractivity contribution in [3.8, 4) is 11.1 Å². The van der Waals surface area contributed by atoms with Gasteiger partial charge in [0.2, 0.25) is 41.4 Å². The van der Waals surface area contributed by atoms with Gasteiger partial charge in [-0.05, 0) is 78.5 Å². The average molecular weight is 1190 g/mol. The molecule has 1 fully saturated rings. The number of likely N-dealkylation sites (tertiary alicyclic amines) is 1. The molecule has 2 aliphatic rings. The second-order valence-corrected chi connectivity index (χ2v) is 22.6. The second-order valence-electron chi connectivity index (χ2n) is 22.6. The molecule has 8 amide bonds.